The molecule has 254 valence electrons. The Morgan fingerprint density at radius 1 is 0.352 bits per heavy atom. The number of carbonyl (C=O) groups excluding carboxylic acids is 1. The van der Waals surface area contributed by atoms with E-state index in [2.05, 4.69) is 0 Å². The molecule has 0 spiro atoms. The number of carbonyl (C=O) groups is 1. The van der Waals surface area contributed by atoms with Crippen LogP contribution in [0.25, 0.3) is 98.4 Å². The number of fused-ring (bicyclic) bond motifs is 15. The Morgan fingerprint density at radius 2 is 0.741 bits per heavy atom. The van der Waals surface area contributed by atoms with Crippen LogP contribution in [0.1, 0.15) is 27.0 Å². The first-order valence-corrected chi connectivity index (χ1v) is 18.0. The van der Waals surface area contributed by atoms with Gasteiger partial charge >= 0.3 is 11.3 Å². The molecule has 54 heavy (non-hydrogen) atoms. The highest BCUT2D eigenvalue weighted by molar-refractivity contribution is 6.41. The second-order valence-corrected chi connectivity index (χ2v) is 14.2. The number of hydrogen-bond donors (Lipinski definition) is 0. The van der Waals surface area contributed by atoms with Gasteiger partial charge in [0.1, 0.15) is 11.2 Å². The van der Waals surface area contributed by atoms with E-state index in [0.29, 0.717) is 77.2 Å². The van der Waals surface area contributed by atoms with Crippen LogP contribution in [0.2, 0.25) is 0 Å². The van der Waals surface area contributed by atoms with Crippen LogP contribution < -0.4 is 11.3 Å². The molecule has 0 radical (unpaired) electrons. The third-order valence-corrected chi connectivity index (χ3v) is 11.4. The van der Waals surface area contributed by atoms with E-state index in [9.17, 15) is 9.59 Å². The summed E-state index contributed by atoms with van der Waals surface area (Å²) in [6, 6.07) is 43.1. The largest absolute Gasteiger partial charge is 0.422 e. The van der Waals surface area contributed by atoms with Gasteiger partial charge in [-0.3, -0.25) is 4.79 Å². The van der Waals surface area contributed by atoms with E-state index in [4.69, 9.17) is 8.83 Å². The number of rotatable bonds is 2. The van der Waals surface area contributed by atoms with Crippen molar-refractivity contribution in [2.75, 3.05) is 0 Å². The maximum Gasteiger partial charge on any atom is 0.344 e. The summed E-state index contributed by atoms with van der Waals surface area (Å²) in [5.41, 5.74) is 6.45. The van der Waals surface area contributed by atoms with Gasteiger partial charge in [0.05, 0.1) is 10.8 Å². The zero-order valence-electron chi connectivity index (χ0n) is 29.2. The predicted octanol–water partition coefficient (Wildman–Crippen LogP) is 11.7. The molecule has 0 fully saturated rings. The Balaban J connectivity index is 1.53. The molecule has 2 heterocycles. The summed E-state index contributed by atoms with van der Waals surface area (Å²) in [5, 5.41) is 7.32. The Bertz CT molecular complexity index is 3210. The number of hydrogen-bond acceptors (Lipinski definition) is 5. The summed E-state index contributed by atoms with van der Waals surface area (Å²) in [6.07, 6.45) is 0. The summed E-state index contributed by atoms with van der Waals surface area (Å²) < 4.78 is 12.3. The fraction of sp³-hybridized carbons (Fsp3) is 0.0408. The summed E-state index contributed by atoms with van der Waals surface area (Å²) in [4.78, 5) is 44.7. The average molecular weight is 697 g/mol. The van der Waals surface area contributed by atoms with E-state index in [1.54, 1.807) is 0 Å². The second-order valence-electron chi connectivity index (χ2n) is 14.2. The van der Waals surface area contributed by atoms with Gasteiger partial charge in [-0.25, -0.2) is 9.59 Å². The SMILES string of the molecule is Cc1c(-c2ccccc2)c2c(c3c1c(=O)oc1ccc4ccccc4c13)-c1c(c(-c3ccccc3)c(C)c3c(=O)oc4ccc5ccccc5c4c13)C2=O. The van der Waals surface area contributed by atoms with Gasteiger partial charge in [0.25, 0.3) is 0 Å². The minimum atomic E-state index is -0.485. The maximum atomic E-state index is 15.8. The van der Waals surface area contributed by atoms with Crippen molar-refractivity contribution >= 4 is 70.8 Å². The predicted molar refractivity (Wildman–Crippen MR) is 218 cm³/mol. The van der Waals surface area contributed by atoms with Crippen LogP contribution in [-0.4, -0.2) is 5.78 Å². The lowest BCUT2D eigenvalue weighted by atomic mass is 9.83. The molecule has 1 aliphatic carbocycles. The molecule has 0 unspecified atom stereocenters. The molecule has 5 heteroatoms. The fourth-order valence-corrected chi connectivity index (χ4v) is 9.26. The van der Waals surface area contributed by atoms with Crippen LogP contribution in [0.3, 0.4) is 0 Å². The molecule has 0 N–H and O–H groups in total. The molecule has 0 amide bonds. The third-order valence-electron chi connectivity index (χ3n) is 11.4. The van der Waals surface area contributed by atoms with Gasteiger partial charge in [-0.2, -0.15) is 0 Å². The summed E-state index contributed by atoms with van der Waals surface area (Å²) in [7, 11) is 0. The summed E-state index contributed by atoms with van der Waals surface area (Å²) >= 11 is 0. The Morgan fingerprint density at radius 3 is 1.17 bits per heavy atom. The third kappa shape index (κ3) is 3.90. The van der Waals surface area contributed by atoms with E-state index in [-0.39, 0.29) is 5.78 Å². The highest BCUT2D eigenvalue weighted by Crippen LogP contribution is 2.56. The first-order chi connectivity index (χ1) is 26.4. The van der Waals surface area contributed by atoms with Crippen LogP contribution >= 0.6 is 0 Å². The van der Waals surface area contributed by atoms with Gasteiger partial charge in [-0.1, -0.05) is 121 Å². The van der Waals surface area contributed by atoms with Crippen molar-refractivity contribution in [2.24, 2.45) is 0 Å². The van der Waals surface area contributed by atoms with Crippen LogP contribution in [-0.2, 0) is 0 Å². The van der Waals surface area contributed by atoms with Crippen molar-refractivity contribution in [2.45, 2.75) is 13.8 Å². The molecule has 5 nitrogen and oxygen atoms in total. The van der Waals surface area contributed by atoms with Gasteiger partial charge in [0.15, 0.2) is 5.78 Å². The monoisotopic (exact) mass is 696 g/mol. The molecule has 0 aliphatic heterocycles. The summed E-state index contributed by atoms with van der Waals surface area (Å²) in [6.45, 7) is 3.82. The molecule has 2 aromatic heterocycles. The number of benzene rings is 8. The highest BCUT2D eigenvalue weighted by atomic mass is 16.4. The van der Waals surface area contributed by atoms with E-state index in [0.717, 1.165) is 43.4 Å². The maximum absolute atomic E-state index is 15.8. The standard InChI is InChI=1S/C49H28O5/c1-25-35(29-15-5-3-6-16-29)45-43(41-37(25)48(51)53-33-23-21-27-13-9-11-19-31(27)39(33)41)44-42-38(26(2)36(46(44)47(45)50)30-17-7-4-8-18-30)49(52)54-34-24-22-28-14-10-12-20-32(28)40(34)42/h3-24H,1-2H3. The molecule has 0 bridgehead atoms. The van der Waals surface area contributed by atoms with Gasteiger partial charge in [-0.15, -0.1) is 0 Å². The molecule has 0 saturated heterocycles. The van der Waals surface area contributed by atoms with E-state index in [1.807, 2.05) is 147 Å². The van der Waals surface area contributed by atoms with Gasteiger partial charge < -0.3 is 8.83 Å². The fourth-order valence-electron chi connectivity index (χ4n) is 9.26. The lowest BCUT2D eigenvalue weighted by molar-refractivity contribution is 0.104. The first-order valence-electron chi connectivity index (χ1n) is 18.0. The number of ketones is 1. The Hall–Kier alpha value is -7.11. The molecule has 10 aromatic rings. The minimum absolute atomic E-state index is 0.157. The van der Waals surface area contributed by atoms with Crippen molar-refractivity contribution in [3.63, 3.8) is 0 Å². The minimum Gasteiger partial charge on any atom is -0.422 e. The van der Waals surface area contributed by atoms with Gasteiger partial charge in [-0.05, 0) is 80.9 Å². The lowest BCUT2D eigenvalue weighted by Gasteiger charge is -2.20. The van der Waals surface area contributed by atoms with Gasteiger partial charge in [0, 0.05) is 43.8 Å². The highest BCUT2D eigenvalue weighted by Gasteiger charge is 2.40. The van der Waals surface area contributed by atoms with Crippen molar-refractivity contribution in [3.05, 3.63) is 177 Å². The van der Waals surface area contributed by atoms with Gasteiger partial charge in [0.2, 0.25) is 0 Å². The van der Waals surface area contributed by atoms with Crippen molar-refractivity contribution < 1.29 is 13.6 Å². The van der Waals surface area contributed by atoms with Crippen molar-refractivity contribution in [3.8, 4) is 33.4 Å². The normalized spacial score (nSPS) is 12.4. The zero-order chi connectivity index (χ0) is 36.4. The average Bonchev–Trinajstić information content (AvgIpc) is 3.49. The lowest BCUT2D eigenvalue weighted by Crippen LogP contribution is -2.08. The summed E-state index contributed by atoms with van der Waals surface area (Å²) in [5.74, 6) is -0.157. The Kier molecular flexibility index (Phi) is 6.19. The van der Waals surface area contributed by atoms with E-state index in [1.165, 1.54) is 0 Å². The zero-order valence-corrected chi connectivity index (χ0v) is 29.2. The first kappa shape index (κ1) is 30.5. The topological polar surface area (TPSA) is 77.5 Å². The molecular weight excluding hydrogens is 669 g/mol. The van der Waals surface area contributed by atoms with E-state index >= 15 is 4.79 Å². The Labute approximate surface area is 307 Å². The van der Waals surface area contributed by atoms with E-state index < -0.39 is 11.3 Å². The van der Waals surface area contributed by atoms with Crippen molar-refractivity contribution in [1.82, 2.24) is 0 Å². The molecule has 1 aliphatic rings. The number of aryl methyl sites for hydroxylation is 2. The van der Waals surface area contributed by atoms with Crippen molar-refractivity contribution in [1.29, 1.82) is 0 Å². The van der Waals surface area contributed by atoms with Crippen LogP contribution in [0, 0.1) is 13.8 Å². The molecule has 0 atom stereocenters. The van der Waals surface area contributed by atoms with Crippen LogP contribution in [0.15, 0.2) is 152 Å². The molecule has 8 aromatic carbocycles. The second kappa shape index (κ2) is 11.0. The molecule has 11 rings (SSSR count). The van der Waals surface area contributed by atoms with Crippen LogP contribution in [0.4, 0.5) is 0 Å². The quantitative estimate of drug-likeness (QED) is 0.133. The molecular formula is C49H28O5. The van der Waals surface area contributed by atoms with Crippen LogP contribution in [0.5, 0.6) is 0 Å². The molecule has 0 saturated carbocycles. The smallest absolute Gasteiger partial charge is 0.344 e.